The molecular formula is C10H16N2OS. The second-order valence-corrected chi connectivity index (χ2v) is 4.04. The van der Waals surface area contributed by atoms with E-state index in [1.807, 2.05) is 25.7 Å². The highest BCUT2D eigenvalue weighted by atomic mass is 32.1. The summed E-state index contributed by atoms with van der Waals surface area (Å²) in [5.74, 6) is 0.197. The summed E-state index contributed by atoms with van der Waals surface area (Å²) in [5.41, 5.74) is 2.77. The fourth-order valence-electron chi connectivity index (χ4n) is 1.32. The van der Waals surface area contributed by atoms with Gasteiger partial charge in [-0.05, 0) is 20.8 Å². The van der Waals surface area contributed by atoms with E-state index in [-0.39, 0.29) is 5.91 Å². The molecule has 1 amide bonds. The molecular weight excluding hydrogens is 196 g/mol. The summed E-state index contributed by atoms with van der Waals surface area (Å²) in [6.07, 6.45) is 0.498. The van der Waals surface area contributed by atoms with Gasteiger partial charge in [-0.15, -0.1) is 11.3 Å². The van der Waals surface area contributed by atoms with Crippen molar-refractivity contribution in [2.24, 2.45) is 0 Å². The van der Waals surface area contributed by atoms with Crippen LogP contribution in [0.3, 0.4) is 0 Å². The zero-order valence-corrected chi connectivity index (χ0v) is 9.73. The number of likely N-dealkylation sites (N-methyl/N-ethyl adjacent to an activating group) is 1. The maximum absolute atomic E-state index is 11.7. The molecule has 0 saturated carbocycles. The van der Waals surface area contributed by atoms with Crippen LogP contribution in [-0.4, -0.2) is 28.9 Å². The summed E-state index contributed by atoms with van der Waals surface area (Å²) in [7, 11) is 0. The topological polar surface area (TPSA) is 33.2 Å². The molecule has 0 aliphatic rings. The largest absolute Gasteiger partial charge is 0.343 e. The second kappa shape index (κ2) is 5.10. The Balaban J connectivity index is 2.61. The molecule has 0 aromatic carbocycles. The first-order chi connectivity index (χ1) is 6.69. The predicted molar refractivity (Wildman–Crippen MR) is 58.5 cm³/mol. The molecule has 14 heavy (non-hydrogen) atoms. The number of rotatable bonds is 4. The SMILES string of the molecule is CCN(CC)C(=O)Cc1scnc1C. The third-order valence-corrected chi connectivity index (χ3v) is 3.21. The molecule has 0 atom stereocenters. The van der Waals surface area contributed by atoms with Crippen LogP contribution in [0, 0.1) is 6.92 Å². The lowest BCUT2D eigenvalue weighted by atomic mass is 10.2. The third-order valence-electron chi connectivity index (χ3n) is 2.27. The van der Waals surface area contributed by atoms with Crippen molar-refractivity contribution in [1.29, 1.82) is 0 Å². The average Bonchev–Trinajstić information content (AvgIpc) is 2.54. The molecule has 1 heterocycles. The monoisotopic (exact) mass is 212 g/mol. The summed E-state index contributed by atoms with van der Waals surface area (Å²) in [6, 6.07) is 0. The summed E-state index contributed by atoms with van der Waals surface area (Å²) >= 11 is 1.56. The van der Waals surface area contributed by atoms with E-state index in [4.69, 9.17) is 0 Å². The molecule has 78 valence electrons. The van der Waals surface area contributed by atoms with Crippen LogP contribution in [0.4, 0.5) is 0 Å². The number of carbonyl (C=O) groups excluding carboxylic acids is 1. The molecule has 0 spiro atoms. The van der Waals surface area contributed by atoms with Crippen molar-refractivity contribution in [3.05, 3.63) is 16.1 Å². The van der Waals surface area contributed by atoms with Crippen molar-refractivity contribution in [2.45, 2.75) is 27.2 Å². The van der Waals surface area contributed by atoms with Gasteiger partial charge < -0.3 is 4.90 Å². The number of nitrogens with zero attached hydrogens (tertiary/aromatic N) is 2. The molecule has 0 saturated heterocycles. The molecule has 1 aromatic rings. The molecule has 0 unspecified atom stereocenters. The maximum atomic E-state index is 11.7. The van der Waals surface area contributed by atoms with E-state index >= 15 is 0 Å². The van der Waals surface area contributed by atoms with Crippen molar-refractivity contribution < 1.29 is 4.79 Å². The van der Waals surface area contributed by atoms with Crippen LogP contribution < -0.4 is 0 Å². The Hall–Kier alpha value is -0.900. The van der Waals surface area contributed by atoms with Gasteiger partial charge in [0.05, 0.1) is 17.6 Å². The minimum atomic E-state index is 0.197. The second-order valence-electron chi connectivity index (χ2n) is 3.10. The highest BCUT2D eigenvalue weighted by molar-refractivity contribution is 7.09. The zero-order valence-electron chi connectivity index (χ0n) is 8.91. The van der Waals surface area contributed by atoms with E-state index in [9.17, 15) is 4.79 Å². The Bertz CT molecular complexity index is 305. The normalized spacial score (nSPS) is 10.2. The van der Waals surface area contributed by atoms with E-state index in [1.165, 1.54) is 0 Å². The van der Waals surface area contributed by atoms with Gasteiger partial charge in [0, 0.05) is 18.0 Å². The number of hydrogen-bond donors (Lipinski definition) is 0. The maximum Gasteiger partial charge on any atom is 0.227 e. The first-order valence-corrected chi connectivity index (χ1v) is 5.73. The molecule has 0 fully saturated rings. The highest BCUT2D eigenvalue weighted by Gasteiger charge is 2.12. The van der Waals surface area contributed by atoms with Crippen LogP contribution in [0.5, 0.6) is 0 Å². The summed E-state index contributed by atoms with van der Waals surface area (Å²) < 4.78 is 0. The van der Waals surface area contributed by atoms with Crippen LogP contribution >= 0.6 is 11.3 Å². The van der Waals surface area contributed by atoms with Crippen LogP contribution in [-0.2, 0) is 11.2 Å². The molecule has 0 radical (unpaired) electrons. The average molecular weight is 212 g/mol. The smallest absolute Gasteiger partial charge is 0.227 e. The van der Waals surface area contributed by atoms with Crippen LogP contribution in [0.2, 0.25) is 0 Å². The molecule has 0 bridgehead atoms. The van der Waals surface area contributed by atoms with Gasteiger partial charge in [0.25, 0.3) is 0 Å². The minimum absolute atomic E-state index is 0.197. The lowest BCUT2D eigenvalue weighted by molar-refractivity contribution is -0.130. The Morgan fingerprint density at radius 3 is 2.57 bits per heavy atom. The van der Waals surface area contributed by atoms with Gasteiger partial charge in [0.2, 0.25) is 5.91 Å². The molecule has 0 aliphatic heterocycles. The van der Waals surface area contributed by atoms with Crippen molar-refractivity contribution in [1.82, 2.24) is 9.88 Å². The van der Waals surface area contributed by atoms with Gasteiger partial charge >= 0.3 is 0 Å². The van der Waals surface area contributed by atoms with Gasteiger partial charge in [-0.1, -0.05) is 0 Å². The molecule has 1 rings (SSSR count). The van der Waals surface area contributed by atoms with Gasteiger partial charge in [0.15, 0.2) is 0 Å². The third kappa shape index (κ3) is 2.54. The van der Waals surface area contributed by atoms with Crippen molar-refractivity contribution in [2.75, 3.05) is 13.1 Å². The van der Waals surface area contributed by atoms with Crippen molar-refractivity contribution >= 4 is 17.2 Å². The summed E-state index contributed by atoms with van der Waals surface area (Å²) in [6.45, 7) is 7.52. The number of thiazole rings is 1. The minimum Gasteiger partial charge on any atom is -0.343 e. The Kier molecular flexibility index (Phi) is 4.07. The highest BCUT2D eigenvalue weighted by Crippen LogP contribution is 2.13. The summed E-state index contributed by atoms with van der Waals surface area (Å²) in [4.78, 5) is 18.8. The predicted octanol–water partition coefficient (Wildman–Crippen LogP) is 1.86. The zero-order chi connectivity index (χ0) is 10.6. The van der Waals surface area contributed by atoms with E-state index in [1.54, 1.807) is 16.8 Å². The van der Waals surface area contributed by atoms with Gasteiger partial charge in [-0.25, -0.2) is 4.98 Å². The number of hydrogen-bond acceptors (Lipinski definition) is 3. The number of amides is 1. The van der Waals surface area contributed by atoms with E-state index in [0.29, 0.717) is 6.42 Å². The fourth-order valence-corrected chi connectivity index (χ4v) is 2.09. The quantitative estimate of drug-likeness (QED) is 0.763. The van der Waals surface area contributed by atoms with Gasteiger partial charge in [-0.3, -0.25) is 4.79 Å². The molecule has 4 heteroatoms. The standard InChI is InChI=1S/C10H16N2OS/c1-4-12(5-2)10(13)6-9-8(3)11-7-14-9/h7H,4-6H2,1-3H3. The van der Waals surface area contributed by atoms with Crippen molar-refractivity contribution in [3.63, 3.8) is 0 Å². The molecule has 0 aliphatic carbocycles. The fraction of sp³-hybridized carbons (Fsp3) is 0.600. The Morgan fingerprint density at radius 1 is 1.50 bits per heavy atom. The lowest BCUT2D eigenvalue weighted by Crippen LogP contribution is -2.31. The van der Waals surface area contributed by atoms with Crippen molar-refractivity contribution in [3.8, 4) is 0 Å². The van der Waals surface area contributed by atoms with Gasteiger partial charge in [-0.2, -0.15) is 0 Å². The van der Waals surface area contributed by atoms with Crippen LogP contribution in [0.25, 0.3) is 0 Å². The van der Waals surface area contributed by atoms with Gasteiger partial charge in [0.1, 0.15) is 0 Å². The Labute approximate surface area is 88.8 Å². The first-order valence-electron chi connectivity index (χ1n) is 4.85. The lowest BCUT2D eigenvalue weighted by Gasteiger charge is -2.17. The molecule has 3 nitrogen and oxygen atoms in total. The molecule has 0 N–H and O–H groups in total. The number of aryl methyl sites for hydroxylation is 1. The Morgan fingerprint density at radius 2 is 2.14 bits per heavy atom. The number of carbonyl (C=O) groups is 1. The summed E-state index contributed by atoms with van der Waals surface area (Å²) in [5, 5.41) is 0. The van der Waals surface area contributed by atoms with Crippen LogP contribution in [0.15, 0.2) is 5.51 Å². The molecule has 1 aromatic heterocycles. The van der Waals surface area contributed by atoms with E-state index in [2.05, 4.69) is 4.98 Å². The van der Waals surface area contributed by atoms with E-state index < -0.39 is 0 Å². The van der Waals surface area contributed by atoms with E-state index in [0.717, 1.165) is 23.7 Å². The first kappa shape index (κ1) is 11.2. The van der Waals surface area contributed by atoms with Crippen LogP contribution in [0.1, 0.15) is 24.4 Å². The number of aromatic nitrogens is 1.